The maximum Gasteiger partial charge on any atom is 0.416 e. The van der Waals surface area contributed by atoms with Crippen molar-refractivity contribution in [3.05, 3.63) is 71.3 Å². The summed E-state index contributed by atoms with van der Waals surface area (Å²) in [5, 5.41) is 2.86. The van der Waals surface area contributed by atoms with Gasteiger partial charge >= 0.3 is 6.18 Å². The molecule has 6 heteroatoms. The van der Waals surface area contributed by atoms with Crippen LogP contribution in [0.5, 0.6) is 5.75 Å². The van der Waals surface area contributed by atoms with Crippen molar-refractivity contribution in [3.8, 4) is 5.75 Å². The van der Waals surface area contributed by atoms with Gasteiger partial charge in [-0.25, -0.2) is 0 Å². The number of nitrogens with one attached hydrogen (secondary N) is 1. The second-order valence-electron chi connectivity index (χ2n) is 5.69. The molecular weight excluding hydrogens is 331 g/mol. The number of rotatable bonds is 3. The fourth-order valence-electron chi connectivity index (χ4n) is 2.70. The van der Waals surface area contributed by atoms with E-state index >= 15 is 0 Å². The minimum Gasteiger partial charge on any atom is -0.493 e. The maximum atomic E-state index is 12.7. The molecule has 0 aliphatic carbocycles. The molecule has 1 N–H and O–H groups in total. The van der Waals surface area contributed by atoms with Crippen molar-refractivity contribution in [1.29, 1.82) is 0 Å². The van der Waals surface area contributed by atoms with E-state index in [1.54, 1.807) is 0 Å². The van der Waals surface area contributed by atoms with Crippen LogP contribution in [-0.4, -0.2) is 12.5 Å². The van der Waals surface area contributed by atoms with Gasteiger partial charge in [0, 0.05) is 18.1 Å². The molecule has 3 rings (SSSR count). The quantitative estimate of drug-likeness (QED) is 0.838. The zero-order chi connectivity index (χ0) is 17.9. The Morgan fingerprint density at radius 2 is 1.96 bits per heavy atom. The lowest BCUT2D eigenvalue weighted by Crippen LogP contribution is -2.30. The minimum atomic E-state index is -4.40. The van der Waals surface area contributed by atoms with Crippen molar-refractivity contribution < 1.29 is 22.7 Å². The monoisotopic (exact) mass is 347 g/mol. The summed E-state index contributed by atoms with van der Waals surface area (Å²) in [6.45, 7) is 0.499. The summed E-state index contributed by atoms with van der Waals surface area (Å²) < 4.78 is 43.6. The molecule has 1 atom stereocenters. The number of ether oxygens (including phenoxy) is 1. The molecule has 0 saturated carbocycles. The lowest BCUT2D eigenvalue weighted by Gasteiger charge is -2.26. The maximum absolute atomic E-state index is 12.7. The lowest BCUT2D eigenvalue weighted by molar-refractivity contribution is -0.137. The lowest BCUT2D eigenvalue weighted by atomic mass is 10.0. The van der Waals surface area contributed by atoms with Crippen LogP contribution < -0.4 is 10.1 Å². The predicted molar refractivity (Wildman–Crippen MR) is 87.9 cm³/mol. The Balaban J connectivity index is 1.69. The Morgan fingerprint density at radius 1 is 1.16 bits per heavy atom. The minimum absolute atomic E-state index is 0.177. The third kappa shape index (κ3) is 4.21. The van der Waals surface area contributed by atoms with E-state index in [2.05, 4.69) is 5.32 Å². The van der Waals surface area contributed by atoms with Crippen molar-refractivity contribution >= 4 is 12.0 Å². The SMILES string of the molecule is O=C(/C=C/c1cccc(C(F)(F)F)c1)N[C@@H]1CCOc2ccccc21. The molecule has 0 bridgehead atoms. The van der Waals surface area contributed by atoms with Gasteiger partial charge in [0.25, 0.3) is 0 Å². The molecule has 0 unspecified atom stereocenters. The smallest absolute Gasteiger partial charge is 0.416 e. The van der Waals surface area contributed by atoms with E-state index in [9.17, 15) is 18.0 Å². The Hall–Kier alpha value is -2.76. The molecule has 0 spiro atoms. The molecule has 1 heterocycles. The van der Waals surface area contributed by atoms with Crippen LogP contribution >= 0.6 is 0 Å². The zero-order valence-corrected chi connectivity index (χ0v) is 13.2. The highest BCUT2D eigenvalue weighted by atomic mass is 19.4. The Bertz CT molecular complexity index is 799. The molecule has 1 aliphatic heterocycles. The topological polar surface area (TPSA) is 38.3 Å². The molecule has 1 amide bonds. The van der Waals surface area contributed by atoms with Gasteiger partial charge in [0.2, 0.25) is 5.91 Å². The summed E-state index contributed by atoms with van der Waals surface area (Å²) in [4.78, 5) is 12.1. The van der Waals surface area contributed by atoms with Gasteiger partial charge in [0.15, 0.2) is 0 Å². The number of alkyl halides is 3. The Morgan fingerprint density at radius 3 is 2.76 bits per heavy atom. The molecule has 0 aromatic heterocycles. The number of hydrogen-bond donors (Lipinski definition) is 1. The van der Waals surface area contributed by atoms with E-state index in [1.165, 1.54) is 24.3 Å². The fraction of sp³-hybridized carbons (Fsp3) is 0.211. The normalized spacial score (nSPS) is 17.0. The fourth-order valence-corrected chi connectivity index (χ4v) is 2.70. The average molecular weight is 347 g/mol. The van der Waals surface area contributed by atoms with Crippen LogP contribution in [0.3, 0.4) is 0 Å². The number of hydrogen-bond acceptors (Lipinski definition) is 2. The van der Waals surface area contributed by atoms with E-state index in [0.29, 0.717) is 18.6 Å². The number of fused-ring (bicyclic) bond motifs is 1. The molecule has 0 saturated heterocycles. The van der Waals surface area contributed by atoms with Gasteiger partial charge in [-0.1, -0.05) is 30.3 Å². The van der Waals surface area contributed by atoms with Crippen molar-refractivity contribution in [2.45, 2.75) is 18.6 Å². The average Bonchev–Trinajstić information content (AvgIpc) is 2.60. The van der Waals surface area contributed by atoms with Crippen molar-refractivity contribution in [3.63, 3.8) is 0 Å². The second kappa shape index (κ2) is 7.01. The predicted octanol–water partition coefficient (Wildman–Crippen LogP) is 4.36. The third-order valence-corrected chi connectivity index (χ3v) is 3.92. The van der Waals surface area contributed by atoms with Gasteiger partial charge < -0.3 is 10.1 Å². The van der Waals surface area contributed by atoms with Gasteiger partial charge in [-0.3, -0.25) is 4.79 Å². The standard InChI is InChI=1S/C19H16F3NO2/c20-19(21,22)14-5-3-4-13(12-14)8-9-18(24)23-16-10-11-25-17-7-2-1-6-15(16)17/h1-9,12,16H,10-11H2,(H,23,24)/b9-8+/t16-/m1/s1. The van der Waals surface area contributed by atoms with Crippen LogP contribution in [0.1, 0.15) is 29.2 Å². The Kier molecular flexibility index (Phi) is 4.79. The molecule has 1 aliphatic rings. The van der Waals surface area contributed by atoms with Crippen LogP contribution in [0.25, 0.3) is 6.08 Å². The molecular formula is C19H16F3NO2. The highest BCUT2D eigenvalue weighted by Gasteiger charge is 2.30. The van der Waals surface area contributed by atoms with E-state index in [0.717, 1.165) is 23.4 Å². The first-order valence-electron chi connectivity index (χ1n) is 7.81. The number of halogens is 3. The Labute approximate surface area is 143 Å². The molecule has 25 heavy (non-hydrogen) atoms. The van der Waals surface area contributed by atoms with Crippen LogP contribution in [-0.2, 0) is 11.0 Å². The summed E-state index contributed by atoms with van der Waals surface area (Å²) in [7, 11) is 0. The summed E-state index contributed by atoms with van der Waals surface area (Å²) in [6.07, 6.45) is -1.15. The third-order valence-electron chi connectivity index (χ3n) is 3.92. The van der Waals surface area contributed by atoms with Crippen LogP contribution in [0.15, 0.2) is 54.6 Å². The summed E-state index contributed by atoms with van der Waals surface area (Å²) >= 11 is 0. The highest BCUT2D eigenvalue weighted by Crippen LogP contribution is 2.32. The first-order valence-corrected chi connectivity index (χ1v) is 7.81. The molecule has 130 valence electrons. The number of amides is 1. The zero-order valence-electron chi connectivity index (χ0n) is 13.2. The molecule has 2 aromatic carbocycles. The molecule has 0 radical (unpaired) electrons. The second-order valence-corrected chi connectivity index (χ2v) is 5.69. The first kappa shape index (κ1) is 17.1. The van der Waals surface area contributed by atoms with Crippen molar-refractivity contribution in [2.24, 2.45) is 0 Å². The number of benzene rings is 2. The number of carbonyl (C=O) groups is 1. The largest absolute Gasteiger partial charge is 0.493 e. The van der Waals surface area contributed by atoms with Crippen LogP contribution in [0.2, 0.25) is 0 Å². The van der Waals surface area contributed by atoms with Gasteiger partial charge in [-0.2, -0.15) is 13.2 Å². The number of para-hydroxylation sites is 1. The van der Waals surface area contributed by atoms with Gasteiger partial charge in [-0.05, 0) is 29.8 Å². The highest BCUT2D eigenvalue weighted by molar-refractivity contribution is 5.92. The van der Waals surface area contributed by atoms with Crippen LogP contribution in [0, 0.1) is 0 Å². The van der Waals surface area contributed by atoms with E-state index in [4.69, 9.17) is 4.74 Å². The molecule has 2 aromatic rings. The van der Waals surface area contributed by atoms with Crippen molar-refractivity contribution in [2.75, 3.05) is 6.61 Å². The van der Waals surface area contributed by atoms with Crippen LogP contribution in [0.4, 0.5) is 13.2 Å². The van der Waals surface area contributed by atoms with E-state index < -0.39 is 11.7 Å². The summed E-state index contributed by atoms with van der Waals surface area (Å²) in [5.74, 6) is 0.375. The first-order chi connectivity index (χ1) is 11.9. The van der Waals surface area contributed by atoms with Crippen molar-refractivity contribution in [1.82, 2.24) is 5.32 Å². The summed E-state index contributed by atoms with van der Waals surface area (Å²) in [5.41, 5.74) is 0.473. The van der Waals surface area contributed by atoms with Gasteiger partial charge in [-0.15, -0.1) is 0 Å². The molecule has 3 nitrogen and oxygen atoms in total. The molecule has 0 fully saturated rings. The van der Waals surface area contributed by atoms with Gasteiger partial charge in [0.05, 0.1) is 18.2 Å². The number of carbonyl (C=O) groups excluding carboxylic acids is 1. The van der Waals surface area contributed by atoms with Gasteiger partial charge in [0.1, 0.15) is 5.75 Å². The summed E-state index contributed by atoms with van der Waals surface area (Å²) in [6, 6.07) is 12.1. The van der Waals surface area contributed by atoms with E-state index in [1.807, 2.05) is 24.3 Å². The van der Waals surface area contributed by atoms with E-state index in [-0.39, 0.29) is 11.9 Å².